The molecule has 2 aromatic heterocycles. The van der Waals surface area contributed by atoms with Gasteiger partial charge in [0, 0.05) is 30.1 Å². The van der Waals surface area contributed by atoms with E-state index in [1.807, 2.05) is 18.2 Å². The zero-order valence-electron chi connectivity index (χ0n) is 16.1. The first-order valence-electron chi connectivity index (χ1n) is 9.76. The van der Waals surface area contributed by atoms with Crippen molar-refractivity contribution in [1.29, 1.82) is 5.26 Å². The van der Waals surface area contributed by atoms with Gasteiger partial charge in [-0.15, -0.1) is 11.3 Å². The van der Waals surface area contributed by atoms with E-state index in [-0.39, 0.29) is 5.91 Å². The van der Waals surface area contributed by atoms with Crippen molar-refractivity contribution in [3.05, 3.63) is 35.0 Å². The normalized spacial score (nSPS) is 17.1. The molecule has 0 aromatic carbocycles. The van der Waals surface area contributed by atoms with E-state index in [1.165, 1.54) is 11.3 Å². The molecule has 1 amide bonds. The lowest BCUT2D eigenvalue weighted by molar-refractivity contribution is 0.0949. The Balaban J connectivity index is 1.62. The van der Waals surface area contributed by atoms with Crippen molar-refractivity contribution >= 4 is 28.2 Å². The Hall–Kier alpha value is -2.50. The van der Waals surface area contributed by atoms with Crippen LogP contribution in [0.2, 0.25) is 0 Å². The molecule has 3 rings (SSSR count). The molecule has 1 saturated heterocycles. The lowest BCUT2D eigenvalue weighted by Crippen LogP contribution is -2.34. The molecular weight excluding hydrogens is 372 g/mol. The van der Waals surface area contributed by atoms with Crippen LogP contribution >= 0.6 is 11.3 Å². The maximum atomic E-state index is 12.1. The number of piperidine rings is 1. The molecule has 0 aliphatic carbocycles. The second-order valence-corrected chi connectivity index (χ2v) is 7.81. The first-order chi connectivity index (χ1) is 13.7. The summed E-state index contributed by atoms with van der Waals surface area (Å²) in [5, 5.41) is 17.4. The third-order valence-electron chi connectivity index (χ3n) is 4.78. The van der Waals surface area contributed by atoms with Crippen molar-refractivity contribution in [2.45, 2.75) is 38.5 Å². The summed E-state index contributed by atoms with van der Waals surface area (Å²) in [4.78, 5) is 23.4. The van der Waals surface area contributed by atoms with Gasteiger partial charge in [-0.1, -0.05) is 19.4 Å². The van der Waals surface area contributed by atoms with Crippen LogP contribution in [0.1, 0.15) is 54.7 Å². The fourth-order valence-corrected chi connectivity index (χ4v) is 4.00. The van der Waals surface area contributed by atoms with Gasteiger partial charge < -0.3 is 10.6 Å². The molecule has 8 heteroatoms. The number of nitrogens with zero attached hydrogens (tertiary/aromatic N) is 4. The Morgan fingerprint density at radius 2 is 2.32 bits per heavy atom. The predicted molar refractivity (Wildman–Crippen MR) is 111 cm³/mol. The van der Waals surface area contributed by atoms with E-state index in [2.05, 4.69) is 33.5 Å². The zero-order chi connectivity index (χ0) is 19.8. The first-order valence-corrected chi connectivity index (χ1v) is 10.6. The van der Waals surface area contributed by atoms with Crippen LogP contribution < -0.4 is 10.6 Å². The minimum absolute atomic E-state index is 0.140. The number of pyridine rings is 1. The van der Waals surface area contributed by atoms with Crippen molar-refractivity contribution in [2.24, 2.45) is 0 Å². The smallest absolute Gasteiger partial charge is 0.270 e. The predicted octanol–water partition coefficient (Wildman–Crippen LogP) is 3.51. The number of nitriles is 1. The molecule has 1 atom stereocenters. The van der Waals surface area contributed by atoms with Gasteiger partial charge in [0.25, 0.3) is 5.91 Å². The molecule has 0 bridgehead atoms. The van der Waals surface area contributed by atoms with Crippen LogP contribution in [0.15, 0.2) is 23.6 Å². The van der Waals surface area contributed by atoms with Gasteiger partial charge in [0.15, 0.2) is 5.13 Å². The standard InChI is InChI=1S/C20H26N6OS/c1-2-3-10-22-19(27)17-14-28-20(24-17)25-18-8-4-7-16(23-18)15-6-5-11-26(13-15)12-9-21/h4,7-8,14-15H,2-3,5-6,10-13H2,1H3,(H,22,27)(H,23,24,25)/t15-/m0/s1. The summed E-state index contributed by atoms with van der Waals surface area (Å²) in [7, 11) is 0. The largest absolute Gasteiger partial charge is 0.351 e. The molecule has 2 N–H and O–H groups in total. The number of hydrogen-bond acceptors (Lipinski definition) is 7. The molecule has 1 fully saturated rings. The molecule has 0 unspecified atom stereocenters. The van der Waals surface area contributed by atoms with Gasteiger partial charge >= 0.3 is 0 Å². The molecule has 1 aliphatic rings. The van der Waals surface area contributed by atoms with Crippen LogP contribution in [0.4, 0.5) is 10.9 Å². The second-order valence-electron chi connectivity index (χ2n) is 6.95. The number of carbonyl (C=O) groups is 1. The SMILES string of the molecule is CCCCNC(=O)c1csc(Nc2cccc([C@H]3CCCN(CC#N)C3)n2)n1. The second kappa shape index (κ2) is 10.2. The summed E-state index contributed by atoms with van der Waals surface area (Å²) >= 11 is 1.39. The number of aromatic nitrogens is 2. The third-order valence-corrected chi connectivity index (χ3v) is 5.53. The number of carbonyl (C=O) groups excluding carboxylic acids is 1. The van der Waals surface area contributed by atoms with E-state index in [1.54, 1.807) is 5.38 Å². The number of rotatable bonds is 8. The highest BCUT2D eigenvalue weighted by Crippen LogP contribution is 2.27. The average Bonchev–Trinajstić information content (AvgIpc) is 3.17. The lowest BCUT2D eigenvalue weighted by Gasteiger charge is -2.30. The van der Waals surface area contributed by atoms with Crippen molar-refractivity contribution < 1.29 is 4.79 Å². The Kier molecular flexibility index (Phi) is 7.34. The van der Waals surface area contributed by atoms with Gasteiger partial charge in [0.05, 0.1) is 12.6 Å². The van der Waals surface area contributed by atoms with Crippen molar-refractivity contribution in [1.82, 2.24) is 20.2 Å². The summed E-state index contributed by atoms with van der Waals surface area (Å²) in [6.45, 7) is 5.07. The number of unbranched alkanes of at least 4 members (excludes halogenated alkanes) is 1. The maximum absolute atomic E-state index is 12.1. The summed E-state index contributed by atoms with van der Waals surface area (Å²) in [5.41, 5.74) is 1.46. The van der Waals surface area contributed by atoms with Gasteiger partial charge in [-0.05, 0) is 37.9 Å². The Labute approximate surface area is 169 Å². The minimum Gasteiger partial charge on any atom is -0.351 e. The van der Waals surface area contributed by atoms with Crippen LogP contribution in [0, 0.1) is 11.3 Å². The summed E-state index contributed by atoms with van der Waals surface area (Å²) < 4.78 is 0. The average molecular weight is 399 g/mol. The van der Waals surface area contributed by atoms with Crippen LogP contribution in [-0.2, 0) is 0 Å². The quantitative estimate of drug-likeness (QED) is 0.522. The highest BCUT2D eigenvalue weighted by molar-refractivity contribution is 7.14. The Bertz CT molecular complexity index is 830. The summed E-state index contributed by atoms with van der Waals surface area (Å²) in [6.07, 6.45) is 4.17. The monoisotopic (exact) mass is 398 g/mol. The fraction of sp³-hybridized carbons (Fsp3) is 0.500. The molecule has 148 valence electrons. The van der Waals surface area contributed by atoms with E-state index in [0.29, 0.717) is 29.8 Å². The Morgan fingerprint density at radius 3 is 3.14 bits per heavy atom. The number of nitrogens with one attached hydrogen (secondary N) is 2. The van der Waals surface area contributed by atoms with Crippen LogP contribution in [-0.4, -0.2) is 47.0 Å². The zero-order valence-corrected chi connectivity index (χ0v) is 17.0. The highest BCUT2D eigenvalue weighted by atomic mass is 32.1. The molecule has 0 spiro atoms. The van der Waals surface area contributed by atoms with Gasteiger partial charge in [-0.25, -0.2) is 9.97 Å². The van der Waals surface area contributed by atoms with E-state index in [4.69, 9.17) is 10.2 Å². The van der Waals surface area contributed by atoms with Gasteiger partial charge in [0.1, 0.15) is 11.5 Å². The van der Waals surface area contributed by atoms with Crippen molar-refractivity contribution in [3.63, 3.8) is 0 Å². The number of hydrogen-bond donors (Lipinski definition) is 2. The van der Waals surface area contributed by atoms with Crippen LogP contribution in [0.5, 0.6) is 0 Å². The third kappa shape index (κ3) is 5.50. The topological polar surface area (TPSA) is 93.9 Å². The molecule has 3 heterocycles. The van der Waals surface area contributed by atoms with Gasteiger partial charge in [-0.3, -0.25) is 9.69 Å². The number of likely N-dealkylation sites (tertiary alicyclic amines) is 1. The Morgan fingerprint density at radius 1 is 1.43 bits per heavy atom. The van der Waals surface area contributed by atoms with Crippen molar-refractivity contribution in [3.8, 4) is 6.07 Å². The van der Waals surface area contributed by atoms with Crippen LogP contribution in [0.3, 0.4) is 0 Å². The molecule has 7 nitrogen and oxygen atoms in total. The van der Waals surface area contributed by atoms with E-state index in [9.17, 15) is 4.79 Å². The molecular formula is C20H26N6OS. The maximum Gasteiger partial charge on any atom is 0.270 e. The number of anilines is 2. The molecule has 2 aromatic rings. The highest BCUT2D eigenvalue weighted by Gasteiger charge is 2.22. The van der Waals surface area contributed by atoms with Crippen LogP contribution in [0.25, 0.3) is 0 Å². The number of amides is 1. The van der Waals surface area contributed by atoms with E-state index in [0.717, 1.165) is 50.3 Å². The van der Waals surface area contributed by atoms with E-state index < -0.39 is 0 Å². The molecule has 0 radical (unpaired) electrons. The molecule has 28 heavy (non-hydrogen) atoms. The fourth-order valence-electron chi connectivity index (χ4n) is 3.30. The van der Waals surface area contributed by atoms with Gasteiger partial charge in [-0.2, -0.15) is 5.26 Å². The lowest BCUT2D eigenvalue weighted by atomic mass is 9.94. The van der Waals surface area contributed by atoms with Crippen molar-refractivity contribution in [2.75, 3.05) is 31.5 Å². The summed E-state index contributed by atoms with van der Waals surface area (Å²) in [5.74, 6) is 0.918. The minimum atomic E-state index is -0.140. The summed E-state index contributed by atoms with van der Waals surface area (Å²) in [6, 6.07) is 8.17. The first kappa shape index (κ1) is 20.2. The molecule has 0 saturated carbocycles. The number of thiazole rings is 1. The molecule has 1 aliphatic heterocycles. The van der Waals surface area contributed by atoms with E-state index >= 15 is 0 Å². The van der Waals surface area contributed by atoms with Gasteiger partial charge in [0.2, 0.25) is 0 Å².